The minimum Gasteiger partial charge on any atom is -0.464 e. The van der Waals surface area contributed by atoms with E-state index in [1.165, 1.54) is 0 Å². The van der Waals surface area contributed by atoms with E-state index in [2.05, 4.69) is 5.10 Å². The van der Waals surface area contributed by atoms with Crippen molar-refractivity contribution in [3.8, 4) is 0 Å². The lowest BCUT2D eigenvalue weighted by Crippen LogP contribution is -2.16. The maximum atomic E-state index is 11.3. The van der Waals surface area contributed by atoms with E-state index in [0.29, 0.717) is 12.0 Å². The smallest absolute Gasteiger partial charge is 0.339 e. The van der Waals surface area contributed by atoms with E-state index in [4.69, 9.17) is 4.74 Å². The number of nitrogens with zero attached hydrogens (tertiary/aromatic N) is 2. The highest BCUT2D eigenvalue weighted by molar-refractivity contribution is 5.76. The molecule has 1 aromatic heterocycles. The Morgan fingerprint density at radius 2 is 2.33 bits per heavy atom. The number of aromatic nitrogens is 2. The fourth-order valence-corrected chi connectivity index (χ4v) is 1.40. The molecule has 1 rings (SSSR count). The van der Waals surface area contributed by atoms with Gasteiger partial charge in [-0.1, -0.05) is 6.92 Å². The Bertz CT molecular complexity index is 346. The first kappa shape index (κ1) is 11.7. The molecule has 0 saturated heterocycles. The predicted molar refractivity (Wildman–Crippen MR) is 54.2 cm³/mol. The Morgan fingerprint density at radius 1 is 1.67 bits per heavy atom. The Morgan fingerprint density at radius 3 is 2.87 bits per heavy atom. The van der Waals surface area contributed by atoms with E-state index in [0.717, 1.165) is 5.69 Å². The molecule has 0 saturated carbocycles. The third-order valence-electron chi connectivity index (χ3n) is 2.08. The van der Waals surface area contributed by atoms with Gasteiger partial charge < -0.3 is 9.84 Å². The fourth-order valence-electron chi connectivity index (χ4n) is 1.40. The van der Waals surface area contributed by atoms with Crippen LogP contribution in [-0.2, 0) is 23.0 Å². The normalized spacial score (nSPS) is 12.5. The van der Waals surface area contributed by atoms with E-state index < -0.39 is 12.1 Å². The highest BCUT2D eigenvalue weighted by atomic mass is 16.5. The van der Waals surface area contributed by atoms with Gasteiger partial charge in [0, 0.05) is 18.8 Å². The Kier molecular flexibility index (Phi) is 3.85. The van der Waals surface area contributed by atoms with Crippen molar-refractivity contribution in [2.24, 2.45) is 7.05 Å². The number of aliphatic hydroxyl groups is 1. The molecule has 0 aliphatic carbocycles. The molecule has 0 spiro atoms. The molecule has 1 N–H and O–H groups in total. The summed E-state index contributed by atoms with van der Waals surface area (Å²) in [5, 5.41) is 13.9. The predicted octanol–water partition coefficient (Wildman–Crippen LogP) is 0.579. The molecular formula is C10H16N2O3. The largest absolute Gasteiger partial charge is 0.464 e. The summed E-state index contributed by atoms with van der Waals surface area (Å²) in [6, 6.07) is 0. The minimum absolute atomic E-state index is 0.262. The maximum absolute atomic E-state index is 11.3. The lowest BCUT2D eigenvalue weighted by Gasteiger charge is -2.08. The summed E-state index contributed by atoms with van der Waals surface area (Å²) < 4.78 is 6.32. The first-order valence-corrected chi connectivity index (χ1v) is 4.97. The van der Waals surface area contributed by atoms with Crippen molar-refractivity contribution in [3.63, 3.8) is 0 Å². The fraction of sp³-hybridized carbons (Fsp3) is 0.600. The molecule has 15 heavy (non-hydrogen) atoms. The van der Waals surface area contributed by atoms with Crippen molar-refractivity contribution in [1.82, 2.24) is 9.78 Å². The number of carbonyl (C=O) groups is 1. The van der Waals surface area contributed by atoms with Gasteiger partial charge in [-0.2, -0.15) is 5.10 Å². The molecule has 84 valence electrons. The van der Waals surface area contributed by atoms with Crippen LogP contribution in [0.4, 0.5) is 0 Å². The molecule has 0 bridgehead atoms. The van der Waals surface area contributed by atoms with Crippen LogP contribution in [0.15, 0.2) is 6.20 Å². The molecule has 0 aromatic carbocycles. The number of hydrogen-bond acceptors (Lipinski definition) is 4. The van der Waals surface area contributed by atoms with Crippen LogP contribution in [0, 0.1) is 0 Å². The van der Waals surface area contributed by atoms with E-state index >= 15 is 0 Å². The molecule has 0 aliphatic heterocycles. The quantitative estimate of drug-likeness (QED) is 0.741. The summed E-state index contributed by atoms with van der Waals surface area (Å²) in [7, 11) is 1.75. The third kappa shape index (κ3) is 2.56. The van der Waals surface area contributed by atoms with Gasteiger partial charge in [0.25, 0.3) is 0 Å². The molecule has 5 heteroatoms. The van der Waals surface area contributed by atoms with Crippen LogP contribution in [0.2, 0.25) is 0 Å². The van der Waals surface area contributed by atoms with Gasteiger partial charge >= 0.3 is 5.97 Å². The van der Waals surface area contributed by atoms with Crippen molar-refractivity contribution < 1.29 is 14.6 Å². The van der Waals surface area contributed by atoms with Crippen molar-refractivity contribution >= 4 is 5.97 Å². The summed E-state index contributed by atoms with van der Waals surface area (Å²) >= 11 is 0. The highest BCUT2D eigenvalue weighted by Crippen LogP contribution is 2.18. The van der Waals surface area contributed by atoms with Gasteiger partial charge in [0.15, 0.2) is 6.10 Å². The van der Waals surface area contributed by atoms with Crippen molar-refractivity contribution in [2.45, 2.75) is 26.4 Å². The first-order chi connectivity index (χ1) is 7.10. The molecule has 0 radical (unpaired) electrons. The van der Waals surface area contributed by atoms with Gasteiger partial charge in [-0.05, 0) is 13.3 Å². The molecule has 0 amide bonds. The Labute approximate surface area is 88.7 Å². The third-order valence-corrected chi connectivity index (χ3v) is 2.08. The minimum atomic E-state index is -1.23. The van der Waals surface area contributed by atoms with E-state index in [9.17, 15) is 9.90 Å². The summed E-state index contributed by atoms with van der Waals surface area (Å²) in [6.45, 7) is 3.88. The summed E-state index contributed by atoms with van der Waals surface area (Å²) in [5.41, 5.74) is 1.25. The second-order valence-corrected chi connectivity index (χ2v) is 3.21. The van der Waals surface area contributed by atoms with Crippen molar-refractivity contribution in [3.05, 3.63) is 17.5 Å². The highest BCUT2D eigenvalue weighted by Gasteiger charge is 2.23. The molecule has 1 unspecified atom stereocenters. The number of aryl methyl sites for hydroxylation is 2. The number of rotatable bonds is 4. The van der Waals surface area contributed by atoms with E-state index in [1.807, 2.05) is 6.92 Å². The SMILES string of the molecule is CCOC(=O)C(O)c1cn(C)nc1CC. The van der Waals surface area contributed by atoms with Gasteiger partial charge in [0.1, 0.15) is 0 Å². The lowest BCUT2D eigenvalue weighted by molar-refractivity contribution is -0.153. The van der Waals surface area contributed by atoms with Crippen LogP contribution in [0.3, 0.4) is 0 Å². The lowest BCUT2D eigenvalue weighted by atomic mass is 10.1. The molecule has 1 aromatic rings. The topological polar surface area (TPSA) is 64.3 Å². The number of esters is 1. The molecule has 1 heterocycles. The summed E-state index contributed by atoms with van der Waals surface area (Å²) in [5.74, 6) is -0.625. The Hall–Kier alpha value is -1.36. The van der Waals surface area contributed by atoms with Gasteiger partial charge in [-0.15, -0.1) is 0 Å². The van der Waals surface area contributed by atoms with E-state index in [1.54, 1.807) is 24.9 Å². The van der Waals surface area contributed by atoms with Crippen LogP contribution in [-0.4, -0.2) is 27.5 Å². The van der Waals surface area contributed by atoms with Gasteiger partial charge in [0.2, 0.25) is 0 Å². The second kappa shape index (κ2) is 4.93. The van der Waals surface area contributed by atoms with Gasteiger partial charge in [-0.25, -0.2) is 4.79 Å². The molecule has 5 nitrogen and oxygen atoms in total. The van der Waals surface area contributed by atoms with E-state index in [-0.39, 0.29) is 6.61 Å². The number of carbonyl (C=O) groups excluding carboxylic acids is 1. The number of ether oxygens (including phenoxy) is 1. The van der Waals surface area contributed by atoms with Crippen LogP contribution in [0.1, 0.15) is 31.2 Å². The zero-order valence-corrected chi connectivity index (χ0v) is 9.23. The monoisotopic (exact) mass is 212 g/mol. The molecule has 0 fully saturated rings. The van der Waals surface area contributed by atoms with Crippen LogP contribution >= 0.6 is 0 Å². The summed E-state index contributed by atoms with van der Waals surface area (Å²) in [4.78, 5) is 11.3. The Balaban J connectivity index is 2.89. The van der Waals surface area contributed by atoms with Crippen molar-refractivity contribution in [2.75, 3.05) is 6.61 Å². The first-order valence-electron chi connectivity index (χ1n) is 4.97. The average molecular weight is 212 g/mol. The number of aliphatic hydroxyl groups excluding tert-OH is 1. The zero-order chi connectivity index (χ0) is 11.4. The van der Waals surface area contributed by atoms with Crippen molar-refractivity contribution in [1.29, 1.82) is 0 Å². The zero-order valence-electron chi connectivity index (χ0n) is 9.23. The van der Waals surface area contributed by atoms with Gasteiger partial charge in [-0.3, -0.25) is 4.68 Å². The standard InChI is InChI=1S/C10H16N2O3/c1-4-8-7(6-12(3)11-8)9(13)10(14)15-5-2/h6,9,13H,4-5H2,1-3H3. The van der Waals surface area contributed by atoms with Crippen LogP contribution < -0.4 is 0 Å². The molecular weight excluding hydrogens is 196 g/mol. The molecule has 1 atom stereocenters. The van der Waals surface area contributed by atoms with Crippen LogP contribution in [0.5, 0.6) is 0 Å². The van der Waals surface area contributed by atoms with Gasteiger partial charge in [0.05, 0.1) is 12.3 Å². The van der Waals surface area contributed by atoms with Crippen LogP contribution in [0.25, 0.3) is 0 Å². The maximum Gasteiger partial charge on any atom is 0.339 e. The second-order valence-electron chi connectivity index (χ2n) is 3.21. The molecule has 0 aliphatic rings. The summed E-state index contributed by atoms with van der Waals surface area (Å²) in [6.07, 6.45) is 1.08. The number of hydrogen-bond donors (Lipinski definition) is 1. The average Bonchev–Trinajstić information content (AvgIpc) is 2.58.